The van der Waals surface area contributed by atoms with Crippen LogP contribution in [0.4, 0.5) is 9.18 Å². The lowest BCUT2D eigenvalue weighted by Gasteiger charge is -2.42. The van der Waals surface area contributed by atoms with E-state index in [1.54, 1.807) is 46.2 Å². The maximum atomic E-state index is 15.0. The number of ether oxygens (including phenoxy) is 1. The molecule has 3 aliphatic heterocycles. The van der Waals surface area contributed by atoms with Crippen LogP contribution in [0, 0.1) is 11.7 Å². The fourth-order valence-electron chi connectivity index (χ4n) is 7.45. The number of hydrogen-bond acceptors (Lipinski definition) is 9. The van der Waals surface area contributed by atoms with Gasteiger partial charge in [-0.25, -0.2) is 14.3 Å². The number of carbonyl (C=O) groups excluding carboxylic acids is 3. The van der Waals surface area contributed by atoms with Gasteiger partial charge in [-0.2, -0.15) is 5.10 Å². The van der Waals surface area contributed by atoms with Crippen molar-refractivity contribution in [2.45, 2.75) is 58.6 Å². The highest BCUT2D eigenvalue weighted by atomic mass is 19.1. The first kappa shape index (κ1) is 44.8. The Balaban J connectivity index is 0.00000113. The summed E-state index contributed by atoms with van der Waals surface area (Å²) in [6, 6.07) is 11.8. The van der Waals surface area contributed by atoms with Crippen molar-refractivity contribution in [1.82, 2.24) is 34.7 Å². The average Bonchev–Trinajstić information content (AvgIpc) is 3.20. The van der Waals surface area contributed by atoms with Gasteiger partial charge in [0.2, 0.25) is 5.91 Å². The molecule has 1 atom stereocenters. The Labute approximate surface area is 335 Å². The molecule has 0 radical (unpaired) electrons. The van der Waals surface area contributed by atoms with Crippen LogP contribution in [0.2, 0.25) is 0 Å². The van der Waals surface area contributed by atoms with E-state index >= 15 is 0 Å². The minimum Gasteiger partial charge on any atom is -0.444 e. The molecular formula is C43H60FN7O6. The second kappa shape index (κ2) is 21.0. The first-order chi connectivity index (χ1) is 27.3. The third-order valence-electron chi connectivity index (χ3n) is 10.4. The lowest BCUT2D eigenvalue weighted by molar-refractivity contribution is -0.134. The fraction of sp³-hybridized carbons (Fsp3) is 0.512. The Hall–Kier alpha value is -4.92. The Bertz CT molecular complexity index is 1890. The second-order valence-corrected chi connectivity index (χ2v) is 15.7. The molecule has 14 heteroatoms. The zero-order chi connectivity index (χ0) is 41.7. The fourth-order valence-corrected chi connectivity index (χ4v) is 7.45. The summed E-state index contributed by atoms with van der Waals surface area (Å²) in [6.45, 7) is 21.4. The molecule has 57 heavy (non-hydrogen) atoms. The molecule has 13 nitrogen and oxygen atoms in total. The largest absolute Gasteiger partial charge is 0.444 e. The van der Waals surface area contributed by atoms with E-state index in [1.165, 1.54) is 6.07 Å². The van der Waals surface area contributed by atoms with Gasteiger partial charge in [-0.3, -0.25) is 24.2 Å². The second-order valence-electron chi connectivity index (χ2n) is 15.7. The van der Waals surface area contributed by atoms with Gasteiger partial charge in [0.1, 0.15) is 11.4 Å². The molecule has 3 amide bonds. The number of H-pyrrole nitrogens is 1. The Kier molecular flexibility index (Phi) is 16.5. The van der Waals surface area contributed by atoms with Crippen molar-refractivity contribution < 1.29 is 28.6 Å². The molecule has 1 aromatic heterocycles. The highest BCUT2D eigenvalue weighted by Gasteiger charge is 2.33. The van der Waals surface area contributed by atoms with Crippen molar-refractivity contribution in [3.8, 4) is 0 Å². The lowest BCUT2D eigenvalue weighted by Crippen LogP contribution is -2.56. The standard InChI is InChI=1S/C38H50FN7O5.C4H6.CH4O/c1-26-23-43(15-20-46(26)37(50)51-38(2,3)4)24-27-11-13-42(14-12-27)25-34(47)44-16-18-45(19-17-44)36(49)31-21-28(9-10-32(31)39)22-33-29-7-5-6-8-30(29)35(48)41-40-33;1-3-4-2;1-2/h5-10,21,26-27H,11-20,22-25H2,1-4H3,(H,41,48);3-4H,1-2H2;2H,1H3. The molecule has 3 saturated heterocycles. The maximum absolute atomic E-state index is 15.0. The van der Waals surface area contributed by atoms with Crippen molar-refractivity contribution in [2.75, 3.05) is 79.1 Å². The number of aromatic nitrogens is 2. The Morgan fingerprint density at radius 2 is 1.54 bits per heavy atom. The number of allylic oxidation sites excluding steroid dienone is 2. The SMILES string of the molecule is C=CC=C.CC1CN(CC2CCN(CC(=O)N3CCN(C(=O)c4cc(Cc5n[nH]c(=O)c6ccccc56)ccc4F)CC3)CC2)CCN1C(=O)OC(C)(C)C.CO. The summed E-state index contributed by atoms with van der Waals surface area (Å²) in [5.74, 6) is -0.384. The van der Waals surface area contributed by atoms with Crippen molar-refractivity contribution in [2.24, 2.45) is 5.92 Å². The number of hydrogen-bond donors (Lipinski definition) is 2. The van der Waals surface area contributed by atoms with Crippen LogP contribution in [0.15, 0.2) is 72.6 Å². The molecule has 0 saturated carbocycles. The van der Waals surface area contributed by atoms with Crippen LogP contribution in [0.5, 0.6) is 0 Å². The number of halogens is 1. The van der Waals surface area contributed by atoms with Crippen LogP contribution in [0.1, 0.15) is 62.2 Å². The molecule has 0 bridgehead atoms. The quantitative estimate of drug-likeness (QED) is 0.315. The number of fused-ring (bicyclic) bond motifs is 1. The third kappa shape index (κ3) is 12.5. The van der Waals surface area contributed by atoms with E-state index in [9.17, 15) is 23.6 Å². The van der Waals surface area contributed by atoms with Crippen LogP contribution >= 0.6 is 0 Å². The normalized spacial score (nSPS) is 18.2. The van der Waals surface area contributed by atoms with Crippen molar-refractivity contribution >= 4 is 28.7 Å². The number of nitrogens with one attached hydrogen (secondary N) is 1. The number of rotatable bonds is 8. The van der Waals surface area contributed by atoms with Crippen LogP contribution in [-0.4, -0.2) is 148 Å². The van der Waals surface area contributed by atoms with Gasteiger partial charge in [0.15, 0.2) is 0 Å². The van der Waals surface area contributed by atoms with E-state index in [-0.39, 0.29) is 29.2 Å². The van der Waals surface area contributed by atoms with E-state index in [0.717, 1.165) is 52.7 Å². The molecule has 3 fully saturated rings. The summed E-state index contributed by atoms with van der Waals surface area (Å²) < 4.78 is 20.5. The van der Waals surface area contributed by atoms with Crippen LogP contribution in [-0.2, 0) is 16.0 Å². The van der Waals surface area contributed by atoms with Gasteiger partial charge in [0.25, 0.3) is 11.5 Å². The number of piperazine rings is 2. The summed E-state index contributed by atoms with van der Waals surface area (Å²) in [4.78, 5) is 61.4. The minimum absolute atomic E-state index is 0.0109. The maximum Gasteiger partial charge on any atom is 0.410 e. The predicted molar refractivity (Wildman–Crippen MR) is 221 cm³/mol. The first-order valence-corrected chi connectivity index (χ1v) is 19.7. The highest BCUT2D eigenvalue weighted by Crippen LogP contribution is 2.23. The van der Waals surface area contributed by atoms with E-state index in [1.807, 2.05) is 37.8 Å². The molecule has 3 aliphatic rings. The number of likely N-dealkylation sites (tertiary alicyclic amines) is 1. The summed E-state index contributed by atoms with van der Waals surface area (Å²) >= 11 is 0. The summed E-state index contributed by atoms with van der Waals surface area (Å²) in [5, 5.41) is 15.0. The number of amides is 3. The summed E-state index contributed by atoms with van der Waals surface area (Å²) in [5.41, 5.74) is 0.549. The molecule has 0 aliphatic carbocycles. The average molecular weight is 790 g/mol. The number of aliphatic hydroxyl groups is 1. The number of piperidine rings is 1. The summed E-state index contributed by atoms with van der Waals surface area (Å²) in [7, 11) is 1.00. The molecule has 310 valence electrons. The third-order valence-corrected chi connectivity index (χ3v) is 10.4. The molecule has 4 heterocycles. The van der Waals surface area contributed by atoms with E-state index in [2.05, 4.69) is 40.1 Å². The molecule has 3 aromatic rings. The van der Waals surface area contributed by atoms with Crippen molar-refractivity contribution in [3.63, 3.8) is 0 Å². The predicted octanol–water partition coefficient (Wildman–Crippen LogP) is 4.56. The lowest BCUT2D eigenvalue weighted by atomic mass is 9.95. The topological polar surface area (TPSA) is 143 Å². The number of benzene rings is 2. The van der Waals surface area contributed by atoms with Gasteiger partial charge in [-0.05, 0) is 83.3 Å². The molecule has 2 aromatic carbocycles. The van der Waals surface area contributed by atoms with Crippen LogP contribution in [0.25, 0.3) is 10.8 Å². The molecule has 2 N–H and O–H groups in total. The smallest absolute Gasteiger partial charge is 0.410 e. The highest BCUT2D eigenvalue weighted by molar-refractivity contribution is 5.95. The van der Waals surface area contributed by atoms with Gasteiger partial charge < -0.3 is 24.5 Å². The Morgan fingerprint density at radius 1 is 0.912 bits per heavy atom. The molecule has 1 unspecified atom stereocenters. The molecule has 6 rings (SSSR count). The first-order valence-electron chi connectivity index (χ1n) is 19.7. The van der Waals surface area contributed by atoms with Gasteiger partial charge in [0, 0.05) is 77.3 Å². The van der Waals surface area contributed by atoms with Gasteiger partial charge in [0.05, 0.1) is 23.2 Å². The van der Waals surface area contributed by atoms with E-state index < -0.39 is 17.3 Å². The van der Waals surface area contributed by atoms with Crippen LogP contribution in [0.3, 0.4) is 0 Å². The van der Waals surface area contributed by atoms with Crippen molar-refractivity contribution in [3.05, 3.63) is 101 Å². The molecule has 0 spiro atoms. The van der Waals surface area contributed by atoms with Crippen LogP contribution < -0.4 is 5.56 Å². The zero-order valence-corrected chi connectivity index (χ0v) is 34.2. The molecular weight excluding hydrogens is 730 g/mol. The van der Waals surface area contributed by atoms with E-state index in [0.29, 0.717) is 73.6 Å². The number of carbonyl (C=O) groups is 3. The summed E-state index contributed by atoms with van der Waals surface area (Å²) in [6.07, 6.45) is 5.40. The van der Waals surface area contributed by atoms with Gasteiger partial charge >= 0.3 is 6.09 Å². The number of nitrogens with zero attached hydrogens (tertiary/aromatic N) is 6. The van der Waals surface area contributed by atoms with Crippen molar-refractivity contribution in [1.29, 1.82) is 0 Å². The van der Waals surface area contributed by atoms with E-state index in [4.69, 9.17) is 9.84 Å². The number of aliphatic hydroxyl groups excluding tert-OH is 1. The monoisotopic (exact) mass is 789 g/mol. The minimum atomic E-state index is -0.595. The Morgan fingerprint density at radius 3 is 2.16 bits per heavy atom. The van der Waals surface area contributed by atoms with Gasteiger partial charge in [-0.1, -0.05) is 49.6 Å². The number of aromatic amines is 1. The zero-order valence-electron chi connectivity index (χ0n) is 34.2. The van der Waals surface area contributed by atoms with Gasteiger partial charge in [-0.15, -0.1) is 0 Å².